The predicted molar refractivity (Wildman–Crippen MR) is 87.9 cm³/mol. The molecule has 8 heteroatoms. The van der Waals surface area contributed by atoms with Crippen molar-refractivity contribution in [2.75, 3.05) is 11.9 Å². The average molecular weight is 329 g/mol. The Balaban J connectivity index is 1.74. The highest BCUT2D eigenvalue weighted by atomic mass is 19.1. The number of hydrogen-bond donors (Lipinski definition) is 3. The highest BCUT2D eigenvalue weighted by Gasteiger charge is 2.06. The Kier molecular flexibility index (Phi) is 4.55. The first-order valence-electron chi connectivity index (χ1n) is 7.43. The second kappa shape index (κ2) is 6.95. The summed E-state index contributed by atoms with van der Waals surface area (Å²) in [6.07, 6.45) is 3.19. The van der Waals surface area contributed by atoms with Crippen LogP contribution in [0.15, 0.2) is 42.7 Å². The molecule has 0 spiro atoms. The van der Waals surface area contributed by atoms with E-state index in [1.165, 1.54) is 12.1 Å². The minimum atomic E-state index is -1.03. The number of halogens is 1. The Morgan fingerprint density at radius 1 is 1.33 bits per heavy atom. The standard InChI is InChI=1S/C16H16FN5O2/c17-12-3-1-4-13(9-12)20-15-19-10-11-5-8-22(14(11)21-15)7-2-6-18-16(23)24/h1,3-5,8-10,18H,2,6-7H2,(H,23,24)(H,19,20,21). The number of nitrogens with zero attached hydrogens (tertiary/aromatic N) is 3. The van der Waals surface area contributed by atoms with E-state index in [9.17, 15) is 9.18 Å². The molecule has 0 radical (unpaired) electrons. The summed E-state index contributed by atoms with van der Waals surface area (Å²) in [4.78, 5) is 19.1. The van der Waals surface area contributed by atoms with Gasteiger partial charge in [-0.15, -0.1) is 0 Å². The number of nitrogens with one attached hydrogen (secondary N) is 2. The number of rotatable bonds is 6. The van der Waals surface area contributed by atoms with Crippen LogP contribution < -0.4 is 10.6 Å². The lowest BCUT2D eigenvalue weighted by Gasteiger charge is -2.07. The summed E-state index contributed by atoms with van der Waals surface area (Å²) in [7, 11) is 0. The van der Waals surface area contributed by atoms with Gasteiger partial charge in [0.05, 0.1) is 0 Å². The van der Waals surface area contributed by atoms with Crippen LogP contribution in [0.3, 0.4) is 0 Å². The van der Waals surface area contributed by atoms with E-state index in [0.717, 1.165) is 11.0 Å². The topological polar surface area (TPSA) is 92.1 Å². The Hall–Kier alpha value is -3.16. The molecular formula is C16H16FN5O2. The van der Waals surface area contributed by atoms with Crippen LogP contribution in [0.25, 0.3) is 11.0 Å². The molecule has 2 heterocycles. The third kappa shape index (κ3) is 3.78. The van der Waals surface area contributed by atoms with E-state index >= 15 is 0 Å². The highest BCUT2D eigenvalue weighted by Crippen LogP contribution is 2.18. The zero-order valence-electron chi connectivity index (χ0n) is 12.7. The number of fused-ring (bicyclic) bond motifs is 1. The molecule has 0 aliphatic heterocycles. The van der Waals surface area contributed by atoms with Gasteiger partial charge < -0.3 is 20.3 Å². The Morgan fingerprint density at radius 2 is 2.21 bits per heavy atom. The number of carboxylic acid groups (broad SMARTS) is 1. The van der Waals surface area contributed by atoms with Gasteiger partial charge in [-0.1, -0.05) is 6.07 Å². The average Bonchev–Trinajstić information content (AvgIpc) is 2.94. The van der Waals surface area contributed by atoms with Gasteiger partial charge in [0.25, 0.3) is 0 Å². The smallest absolute Gasteiger partial charge is 0.404 e. The summed E-state index contributed by atoms with van der Waals surface area (Å²) in [6.45, 7) is 0.995. The molecule has 24 heavy (non-hydrogen) atoms. The van der Waals surface area contributed by atoms with Gasteiger partial charge in [-0.2, -0.15) is 4.98 Å². The molecule has 1 amide bonds. The monoisotopic (exact) mass is 329 g/mol. The molecule has 0 atom stereocenters. The lowest BCUT2D eigenvalue weighted by molar-refractivity contribution is 0.194. The fourth-order valence-electron chi connectivity index (χ4n) is 2.35. The first-order valence-corrected chi connectivity index (χ1v) is 7.43. The number of aryl methyl sites for hydroxylation is 1. The summed E-state index contributed by atoms with van der Waals surface area (Å²) in [6, 6.07) is 7.96. The van der Waals surface area contributed by atoms with Gasteiger partial charge in [0.1, 0.15) is 11.5 Å². The summed E-state index contributed by atoms with van der Waals surface area (Å²) in [5.41, 5.74) is 1.30. The summed E-state index contributed by atoms with van der Waals surface area (Å²) in [5, 5.41) is 14.7. The van der Waals surface area contributed by atoms with Gasteiger partial charge in [-0.25, -0.2) is 14.2 Å². The van der Waals surface area contributed by atoms with Crippen molar-refractivity contribution in [1.29, 1.82) is 0 Å². The third-order valence-electron chi connectivity index (χ3n) is 3.43. The lowest BCUT2D eigenvalue weighted by atomic mass is 10.3. The summed E-state index contributed by atoms with van der Waals surface area (Å²) in [5.74, 6) is 0.0343. The molecule has 7 nitrogen and oxygen atoms in total. The van der Waals surface area contributed by atoms with E-state index < -0.39 is 6.09 Å². The van der Waals surface area contributed by atoms with E-state index in [0.29, 0.717) is 31.1 Å². The van der Waals surface area contributed by atoms with Crippen LogP contribution in [-0.2, 0) is 6.54 Å². The number of hydrogen-bond acceptors (Lipinski definition) is 4. The van der Waals surface area contributed by atoms with E-state index in [-0.39, 0.29) is 5.82 Å². The van der Waals surface area contributed by atoms with Crippen LogP contribution in [0.4, 0.5) is 20.8 Å². The molecule has 0 saturated heterocycles. The Bertz CT molecular complexity index is 865. The molecule has 3 N–H and O–H groups in total. The van der Waals surface area contributed by atoms with Crippen molar-refractivity contribution in [3.63, 3.8) is 0 Å². The molecule has 0 saturated carbocycles. The lowest BCUT2D eigenvalue weighted by Crippen LogP contribution is -2.22. The second-order valence-electron chi connectivity index (χ2n) is 5.20. The number of carbonyl (C=O) groups is 1. The Morgan fingerprint density at radius 3 is 3.00 bits per heavy atom. The molecule has 124 valence electrons. The van der Waals surface area contributed by atoms with Gasteiger partial charge in [0.15, 0.2) is 0 Å². The highest BCUT2D eigenvalue weighted by molar-refractivity contribution is 5.76. The van der Waals surface area contributed by atoms with E-state index in [4.69, 9.17) is 5.11 Å². The van der Waals surface area contributed by atoms with Crippen LogP contribution in [-0.4, -0.2) is 32.3 Å². The third-order valence-corrected chi connectivity index (χ3v) is 3.43. The molecule has 3 rings (SSSR count). The quantitative estimate of drug-likeness (QED) is 0.605. The van der Waals surface area contributed by atoms with Crippen molar-refractivity contribution in [3.8, 4) is 0 Å². The second-order valence-corrected chi connectivity index (χ2v) is 5.20. The molecule has 2 aromatic heterocycles. The van der Waals surface area contributed by atoms with Crippen LogP contribution >= 0.6 is 0 Å². The van der Waals surface area contributed by atoms with Crippen LogP contribution in [0, 0.1) is 5.82 Å². The Labute approximate surface area is 137 Å². The fraction of sp³-hybridized carbons (Fsp3) is 0.188. The fourth-order valence-corrected chi connectivity index (χ4v) is 2.35. The molecule has 0 bridgehead atoms. The van der Waals surface area contributed by atoms with Gasteiger partial charge >= 0.3 is 6.09 Å². The molecule has 1 aromatic carbocycles. The largest absolute Gasteiger partial charge is 0.465 e. The first-order chi connectivity index (χ1) is 11.6. The van der Waals surface area contributed by atoms with Crippen LogP contribution in [0.1, 0.15) is 6.42 Å². The van der Waals surface area contributed by atoms with Crippen molar-refractivity contribution < 1.29 is 14.3 Å². The van der Waals surface area contributed by atoms with Gasteiger partial charge in [-0.05, 0) is 30.7 Å². The molecule has 0 aliphatic rings. The number of benzene rings is 1. The van der Waals surface area contributed by atoms with Crippen LogP contribution in [0.2, 0.25) is 0 Å². The normalized spacial score (nSPS) is 10.7. The minimum absolute atomic E-state index is 0.338. The maximum Gasteiger partial charge on any atom is 0.404 e. The van der Waals surface area contributed by atoms with E-state index in [1.54, 1.807) is 18.3 Å². The zero-order chi connectivity index (χ0) is 16.9. The molecular weight excluding hydrogens is 313 g/mol. The summed E-state index contributed by atoms with van der Waals surface area (Å²) < 4.78 is 15.2. The van der Waals surface area contributed by atoms with Gasteiger partial charge in [0, 0.05) is 36.6 Å². The van der Waals surface area contributed by atoms with E-state index in [2.05, 4.69) is 20.6 Å². The zero-order valence-corrected chi connectivity index (χ0v) is 12.7. The molecule has 0 fully saturated rings. The van der Waals surface area contributed by atoms with Crippen molar-refractivity contribution in [2.45, 2.75) is 13.0 Å². The van der Waals surface area contributed by atoms with Gasteiger partial charge in [0.2, 0.25) is 5.95 Å². The van der Waals surface area contributed by atoms with Gasteiger partial charge in [-0.3, -0.25) is 0 Å². The summed E-state index contributed by atoms with van der Waals surface area (Å²) >= 11 is 0. The predicted octanol–water partition coefficient (Wildman–Crippen LogP) is 2.97. The van der Waals surface area contributed by atoms with Crippen molar-refractivity contribution in [1.82, 2.24) is 19.9 Å². The first kappa shape index (κ1) is 15.7. The minimum Gasteiger partial charge on any atom is -0.465 e. The number of anilines is 2. The van der Waals surface area contributed by atoms with Crippen LogP contribution in [0.5, 0.6) is 0 Å². The van der Waals surface area contributed by atoms with Crippen molar-refractivity contribution in [3.05, 3.63) is 48.5 Å². The molecule has 0 unspecified atom stereocenters. The maximum absolute atomic E-state index is 13.2. The van der Waals surface area contributed by atoms with Crippen molar-refractivity contribution in [2.24, 2.45) is 0 Å². The maximum atomic E-state index is 13.2. The number of amides is 1. The number of aromatic nitrogens is 3. The molecule has 3 aromatic rings. The SMILES string of the molecule is O=C(O)NCCCn1ccc2cnc(Nc3cccc(F)c3)nc21. The van der Waals surface area contributed by atoms with E-state index in [1.807, 2.05) is 16.8 Å². The van der Waals surface area contributed by atoms with Crippen molar-refractivity contribution >= 4 is 28.8 Å². The molecule has 0 aliphatic carbocycles.